The highest BCUT2D eigenvalue weighted by Gasteiger charge is 2.04. The van der Waals surface area contributed by atoms with Crippen LogP contribution in [0.1, 0.15) is 0 Å². The van der Waals surface area contributed by atoms with E-state index in [9.17, 15) is 4.79 Å². The molecule has 0 atom stereocenters. The van der Waals surface area contributed by atoms with Gasteiger partial charge in [0.15, 0.2) is 5.75 Å². The molecule has 0 saturated carbocycles. The zero-order valence-corrected chi connectivity index (χ0v) is 7.11. The molecule has 0 radical (unpaired) electrons. The molecule has 0 amide bonds. The topological polar surface area (TPSA) is 39.4 Å². The van der Waals surface area contributed by atoms with Crippen LogP contribution in [-0.4, -0.2) is 7.11 Å². The number of ether oxygens (including phenoxy) is 1. The van der Waals surface area contributed by atoms with E-state index in [4.69, 9.17) is 9.15 Å². The standard InChI is InChI=1S/C10H8O3/c1-12-9-6-13-10(11)8-5-3-2-4-7(8)9/h2-6H,1H3. The molecule has 0 spiro atoms. The molecule has 13 heavy (non-hydrogen) atoms. The molecule has 0 N–H and O–H groups in total. The van der Waals surface area contributed by atoms with Crippen LogP contribution in [0.2, 0.25) is 0 Å². The van der Waals surface area contributed by atoms with Gasteiger partial charge in [-0.25, -0.2) is 4.79 Å². The lowest BCUT2D eigenvalue weighted by molar-refractivity contribution is 0.392. The summed E-state index contributed by atoms with van der Waals surface area (Å²) in [4.78, 5) is 11.2. The second-order valence-electron chi connectivity index (χ2n) is 2.64. The van der Waals surface area contributed by atoms with Crippen LogP contribution in [0.25, 0.3) is 10.8 Å². The maximum absolute atomic E-state index is 11.2. The Labute approximate surface area is 74.6 Å². The fourth-order valence-corrected chi connectivity index (χ4v) is 1.27. The van der Waals surface area contributed by atoms with Crippen molar-refractivity contribution in [3.8, 4) is 5.75 Å². The lowest BCUT2D eigenvalue weighted by atomic mass is 10.2. The summed E-state index contributed by atoms with van der Waals surface area (Å²) in [5.74, 6) is 0.579. The minimum atomic E-state index is -0.337. The van der Waals surface area contributed by atoms with E-state index < -0.39 is 0 Å². The number of fused-ring (bicyclic) bond motifs is 1. The van der Waals surface area contributed by atoms with Gasteiger partial charge >= 0.3 is 5.63 Å². The van der Waals surface area contributed by atoms with Crippen molar-refractivity contribution < 1.29 is 9.15 Å². The first-order valence-corrected chi connectivity index (χ1v) is 3.87. The summed E-state index contributed by atoms with van der Waals surface area (Å²) in [6, 6.07) is 7.18. The zero-order valence-electron chi connectivity index (χ0n) is 7.11. The number of methoxy groups -OCH3 is 1. The fourth-order valence-electron chi connectivity index (χ4n) is 1.27. The minimum Gasteiger partial charge on any atom is -0.493 e. The molecular weight excluding hydrogens is 168 g/mol. The molecule has 3 nitrogen and oxygen atoms in total. The molecule has 1 aromatic heterocycles. The Kier molecular flexibility index (Phi) is 1.77. The number of hydrogen-bond donors (Lipinski definition) is 0. The van der Waals surface area contributed by atoms with Gasteiger partial charge in [-0.2, -0.15) is 0 Å². The van der Waals surface area contributed by atoms with Gasteiger partial charge in [0.25, 0.3) is 0 Å². The van der Waals surface area contributed by atoms with Crippen molar-refractivity contribution in [2.45, 2.75) is 0 Å². The van der Waals surface area contributed by atoms with E-state index in [0.29, 0.717) is 11.1 Å². The van der Waals surface area contributed by atoms with Crippen LogP contribution >= 0.6 is 0 Å². The number of rotatable bonds is 1. The summed E-state index contributed by atoms with van der Waals surface area (Å²) in [7, 11) is 1.54. The summed E-state index contributed by atoms with van der Waals surface area (Å²) in [6.45, 7) is 0. The third-order valence-electron chi connectivity index (χ3n) is 1.91. The first kappa shape index (κ1) is 7.86. The Balaban J connectivity index is 2.93. The molecule has 2 rings (SSSR count). The van der Waals surface area contributed by atoms with E-state index in [0.717, 1.165) is 5.39 Å². The highest BCUT2D eigenvalue weighted by Crippen LogP contribution is 2.21. The van der Waals surface area contributed by atoms with Crippen molar-refractivity contribution in [2.24, 2.45) is 0 Å². The smallest absolute Gasteiger partial charge is 0.343 e. The monoisotopic (exact) mass is 176 g/mol. The first-order chi connectivity index (χ1) is 6.33. The third-order valence-corrected chi connectivity index (χ3v) is 1.91. The summed E-state index contributed by atoms with van der Waals surface area (Å²) < 4.78 is 9.83. The maximum Gasteiger partial charge on any atom is 0.343 e. The molecule has 0 saturated heterocycles. The van der Waals surface area contributed by atoms with E-state index in [2.05, 4.69) is 0 Å². The quantitative estimate of drug-likeness (QED) is 0.665. The lowest BCUT2D eigenvalue weighted by Gasteiger charge is -2.01. The van der Waals surface area contributed by atoms with Crippen molar-refractivity contribution in [1.29, 1.82) is 0 Å². The van der Waals surface area contributed by atoms with Crippen LogP contribution in [-0.2, 0) is 0 Å². The van der Waals surface area contributed by atoms with Gasteiger partial charge in [-0.3, -0.25) is 0 Å². The van der Waals surface area contributed by atoms with Crippen LogP contribution in [0.4, 0.5) is 0 Å². The van der Waals surface area contributed by atoms with E-state index >= 15 is 0 Å². The van der Waals surface area contributed by atoms with Gasteiger partial charge in [-0.15, -0.1) is 0 Å². The third kappa shape index (κ3) is 1.18. The summed E-state index contributed by atoms with van der Waals surface area (Å²) in [6.07, 6.45) is 1.32. The Bertz CT molecular complexity index is 485. The molecular formula is C10H8O3. The van der Waals surface area contributed by atoms with Crippen LogP contribution in [0, 0.1) is 0 Å². The predicted octanol–water partition coefficient (Wildman–Crippen LogP) is 1.80. The molecule has 0 aliphatic carbocycles. The SMILES string of the molecule is COc1coc(=O)c2ccccc12. The van der Waals surface area contributed by atoms with E-state index in [1.807, 2.05) is 12.1 Å². The Hall–Kier alpha value is -1.77. The molecule has 0 bridgehead atoms. The van der Waals surface area contributed by atoms with E-state index in [-0.39, 0.29) is 5.63 Å². The molecule has 0 unspecified atom stereocenters. The Morgan fingerprint density at radius 1 is 1.23 bits per heavy atom. The van der Waals surface area contributed by atoms with Crippen molar-refractivity contribution in [3.63, 3.8) is 0 Å². The highest BCUT2D eigenvalue weighted by molar-refractivity contribution is 5.86. The van der Waals surface area contributed by atoms with Gasteiger partial charge < -0.3 is 9.15 Å². The van der Waals surface area contributed by atoms with E-state index in [1.165, 1.54) is 6.26 Å². The molecule has 1 heterocycles. The second kappa shape index (κ2) is 2.94. The van der Waals surface area contributed by atoms with Crippen LogP contribution in [0.5, 0.6) is 5.75 Å². The maximum atomic E-state index is 11.2. The minimum absolute atomic E-state index is 0.337. The largest absolute Gasteiger partial charge is 0.493 e. The first-order valence-electron chi connectivity index (χ1n) is 3.87. The summed E-state index contributed by atoms with van der Waals surface area (Å²) in [5.41, 5.74) is -0.337. The molecule has 0 aliphatic rings. The molecule has 0 aliphatic heterocycles. The summed E-state index contributed by atoms with van der Waals surface area (Å²) in [5, 5.41) is 1.32. The molecule has 3 heteroatoms. The van der Waals surface area contributed by atoms with E-state index in [1.54, 1.807) is 19.2 Å². The van der Waals surface area contributed by atoms with Crippen LogP contribution < -0.4 is 10.4 Å². The average molecular weight is 176 g/mol. The highest BCUT2D eigenvalue weighted by atomic mass is 16.5. The fraction of sp³-hybridized carbons (Fsp3) is 0.100. The summed E-state index contributed by atoms with van der Waals surface area (Å²) >= 11 is 0. The van der Waals surface area contributed by atoms with Gasteiger partial charge in [0.2, 0.25) is 0 Å². The average Bonchev–Trinajstić information content (AvgIpc) is 2.19. The van der Waals surface area contributed by atoms with Crippen molar-refractivity contribution in [3.05, 3.63) is 40.9 Å². The number of benzene rings is 1. The van der Waals surface area contributed by atoms with Gasteiger partial charge in [-0.05, 0) is 6.07 Å². The van der Waals surface area contributed by atoms with Crippen LogP contribution in [0.3, 0.4) is 0 Å². The Morgan fingerprint density at radius 2 is 1.92 bits per heavy atom. The molecule has 2 aromatic rings. The molecule has 0 fully saturated rings. The molecule has 66 valence electrons. The van der Waals surface area contributed by atoms with Gasteiger partial charge in [0, 0.05) is 5.39 Å². The van der Waals surface area contributed by atoms with Gasteiger partial charge in [-0.1, -0.05) is 18.2 Å². The van der Waals surface area contributed by atoms with Crippen molar-refractivity contribution in [1.82, 2.24) is 0 Å². The Morgan fingerprint density at radius 3 is 2.62 bits per heavy atom. The van der Waals surface area contributed by atoms with Crippen molar-refractivity contribution in [2.75, 3.05) is 7.11 Å². The predicted molar refractivity (Wildman–Crippen MR) is 49.0 cm³/mol. The van der Waals surface area contributed by atoms with Crippen LogP contribution in [0.15, 0.2) is 39.7 Å². The van der Waals surface area contributed by atoms with Gasteiger partial charge in [0.1, 0.15) is 6.26 Å². The lowest BCUT2D eigenvalue weighted by Crippen LogP contribution is -1.99. The van der Waals surface area contributed by atoms with Crippen molar-refractivity contribution >= 4 is 10.8 Å². The second-order valence-corrected chi connectivity index (χ2v) is 2.64. The van der Waals surface area contributed by atoms with Gasteiger partial charge in [0.05, 0.1) is 12.5 Å². The zero-order chi connectivity index (χ0) is 9.26. The molecule has 1 aromatic carbocycles. The number of hydrogen-bond acceptors (Lipinski definition) is 3. The normalized spacial score (nSPS) is 10.2.